The molecule has 3 unspecified atom stereocenters. The van der Waals surface area contributed by atoms with Crippen molar-refractivity contribution in [2.75, 3.05) is 16.8 Å². The van der Waals surface area contributed by atoms with Gasteiger partial charge < -0.3 is 15.3 Å². The van der Waals surface area contributed by atoms with Gasteiger partial charge >= 0.3 is 5.97 Å². The number of carboxylic acid groups (broad SMARTS) is 1. The summed E-state index contributed by atoms with van der Waals surface area (Å²) in [6.07, 6.45) is 2.24. The first-order valence-corrected chi connectivity index (χ1v) is 11.8. The summed E-state index contributed by atoms with van der Waals surface area (Å²) in [6.45, 7) is 7.09. The molecule has 1 aliphatic carbocycles. The lowest BCUT2D eigenvalue weighted by molar-refractivity contribution is 0.0691. The molecule has 0 spiro atoms. The molecule has 34 heavy (non-hydrogen) atoms. The molecule has 3 aromatic rings. The van der Waals surface area contributed by atoms with Crippen LogP contribution < -0.4 is 10.2 Å². The second-order valence-electron chi connectivity index (χ2n) is 9.45. The van der Waals surface area contributed by atoms with Gasteiger partial charge in [-0.2, -0.15) is 5.26 Å². The van der Waals surface area contributed by atoms with Crippen LogP contribution >= 0.6 is 11.6 Å². The van der Waals surface area contributed by atoms with Gasteiger partial charge in [-0.3, -0.25) is 0 Å². The Morgan fingerprint density at radius 1 is 1.29 bits per heavy atom. The average molecular weight is 477 g/mol. The fourth-order valence-corrected chi connectivity index (χ4v) is 5.57. The molecule has 1 aliphatic heterocycles. The van der Waals surface area contributed by atoms with Crippen molar-refractivity contribution in [3.05, 3.63) is 51.9 Å². The Labute approximate surface area is 202 Å². The zero-order valence-electron chi connectivity index (χ0n) is 19.2. The van der Waals surface area contributed by atoms with Gasteiger partial charge in [-0.15, -0.1) is 0 Å². The van der Waals surface area contributed by atoms with E-state index in [-0.39, 0.29) is 16.9 Å². The van der Waals surface area contributed by atoms with Crippen molar-refractivity contribution in [1.29, 1.82) is 5.26 Å². The van der Waals surface area contributed by atoms with E-state index in [1.807, 2.05) is 26.0 Å². The van der Waals surface area contributed by atoms with Crippen LogP contribution in [0.2, 0.25) is 5.15 Å². The molecule has 8 nitrogen and oxygen atoms in total. The highest BCUT2D eigenvalue weighted by atomic mass is 35.5. The maximum absolute atomic E-state index is 11.7. The molecule has 5 rings (SSSR count). The number of benzene rings is 1. The third-order valence-electron chi connectivity index (χ3n) is 7.10. The van der Waals surface area contributed by atoms with Crippen LogP contribution in [0.5, 0.6) is 0 Å². The summed E-state index contributed by atoms with van der Waals surface area (Å²) in [5.74, 6) is 0.800. The number of hydrogen-bond acceptors (Lipinski definition) is 7. The maximum Gasteiger partial charge on any atom is 0.356 e. The van der Waals surface area contributed by atoms with Crippen molar-refractivity contribution in [3.8, 4) is 6.07 Å². The topological polar surface area (TPSA) is 115 Å². The second-order valence-corrected chi connectivity index (χ2v) is 9.83. The Morgan fingerprint density at radius 3 is 2.74 bits per heavy atom. The van der Waals surface area contributed by atoms with Crippen LogP contribution in [0.4, 0.5) is 11.5 Å². The molecule has 9 heteroatoms. The molecular weight excluding hydrogens is 452 g/mol. The number of carbonyl (C=O) groups is 1. The number of halogens is 1. The average Bonchev–Trinajstić information content (AvgIpc) is 3.38. The van der Waals surface area contributed by atoms with E-state index in [9.17, 15) is 15.2 Å². The van der Waals surface area contributed by atoms with E-state index in [1.54, 1.807) is 12.1 Å². The van der Waals surface area contributed by atoms with Crippen molar-refractivity contribution < 1.29 is 9.90 Å². The third kappa shape index (κ3) is 3.80. The maximum atomic E-state index is 11.7. The summed E-state index contributed by atoms with van der Waals surface area (Å²) in [5.41, 5.74) is 3.77. The fourth-order valence-electron chi connectivity index (χ4n) is 5.42. The van der Waals surface area contributed by atoms with Crippen LogP contribution in [-0.2, 0) is 0 Å². The van der Waals surface area contributed by atoms with Crippen molar-refractivity contribution in [1.82, 2.24) is 15.0 Å². The van der Waals surface area contributed by atoms with Gasteiger partial charge in [-0.05, 0) is 62.3 Å². The minimum atomic E-state index is -1.16. The van der Waals surface area contributed by atoms with E-state index < -0.39 is 5.97 Å². The number of nitriles is 1. The van der Waals surface area contributed by atoms with Gasteiger partial charge in [-0.25, -0.2) is 19.7 Å². The van der Waals surface area contributed by atoms with E-state index in [0.717, 1.165) is 30.5 Å². The predicted octanol–water partition coefficient (Wildman–Crippen LogP) is 4.96. The number of nitrogens with one attached hydrogen (secondary N) is 1. The summed E-state index contributed by atoms with van der Waals surface area (Å²) >= 11 is 5.91. The molecule has 2 bridgehead atoms. The number of pyridine rings is 1. The van der Waals surface area contributed by atoms with E-state index in [1.165, 1.54) is 0 Å². The Balaban J connectivity index is 1.58. The fraction of sp³-hybridized carbons (Fsp3) is 0.400. The molecule has 0 radical (unpaired) electrons. The number of aromatic carboxylic acids is 1. The third-order valence-corrected chi connectivity index (χ3v) is 7.31. The number of piperidine rings is 1. The minimum absolute atomic E-state index is 0.116. The van der Waals surface area contributed by atoms with Crippen LogP contribution in [0.3, 0.4) is 0 Å². The zero-order chi connectivity index (χ0) is 24.1. The van der Waals surface area contributed by atoms with Crippen LogP contribution in [0.1, 0.15) is 60.0 Å². The monoisotopic (exact) mass is 476 g/mol. The molecule has 0 amide bonds. The van der Waals surface area contributed by atoms with Gasteiger partial charge in [0.2, 0.25) is 0 Å². The highest BCUT2D eigenvalue weighted by molar-refractivity contribution is 6.29. The van der Waals surface area contributed by atoms with Crippen LogP contribution in [0, 0.1) is 30.1 Å². The van der Waals surface area contributed by atoms with Crippen molar-refractivity contribution in [3.63, 3.8) is 0 Å². The molecular formula is C25H25ClN6O2. The Morgan fingerprint density at radius 2 is 2.09 bits per heavy atom. The van der Waals surface area contributed by atoms with Crippen molar-refractivity contribution in [2.45, 2.75) is 45.7 Å². The quantitative estimate of drug-likeness (QED) is 0.496. The Hall–Kier alpha value is -3.44. The lowest BCUT2D eigenvalue weighted by Crippen LogP contribution is -2.36. The highest BCUT2D eigenvalue weighted by Crippen LogP contribution is 2.44. The second kappa shape index (κ2) is 8.41. The van der Waals surface area contributed by atoms with Crippen LogP contribution in [0.15, 0.2) is 24.3 Å². The normalized spacial score (nSPS) is 22.1. The van der Waals surface area contributed by atoms with Crippen molar-refractivity contribution >= 4 is 40.1 Å². The van der Waals surface area contributed by atoms with Gasteiger partial charge in [0, 0.05) is 18.2 Å². The summed E-state index contributed by atoms with van der Waals surface area (Å²) in [5, 5.41) is 22.8. The van der Waals surface area contributed by atoms with Gasteiger partial charge in [0.25, 0.3) is 0 Å². The molecule has 2 N–H and O–H groups in total. The largest absolute Gasteiger partial charge is 0.476 e. The van der Waals surface area contributed by atoms with E-state index >= 15 is 0 Å². The molecule has 4 atom stereocenters. The number of fused-ring (bicyclic) bond motifs is 3. The molecule has 1 saturated heterocycles. The minimum Gasteiger partial charge on any atom is -0.476 e. The molecule has 2 fully saturated rings. The predicted molar refractivity (Wildman–Crippen MR) is 130 cm³/mol. The standard InChI is InChI=1S/C25H25ClN6O2/c1-12-6-17(14(3)28-18-4-5-21(26)30-23(18)25(33)34)22-19(7-12)29-20(10-27)24(31-22)32-11-15-9-16(32)8-13(15)2/h4-7,13-16,28H,8-9,11H2,1-3H3,(H,33,34)/t13?,14-,15?,16?/m1/s1. The van der Waals surface area contributed by atoms with Gasteiger partial charge in [0.05, 0.1) is 22.8 Å². The van der Waals surface area contributed by atoms with Gasteiger partial charge in [0.1, 0.15) is 11.2 Å². The first-order valence-electron chi connectivity index (χ1n) is 11.4. The number of aryl methyl sites for hydroxylation is 1. The summed E-state index contributed by atoms with van der Waals surface area (Å²) < 4.78 is 0. The summed E-state index contributed by atoms with van der Waals surface area (Å²) in [6, 6.07) is 9.45. The first kappa shape index (κ1) is 22.4. The summed E-state index contributed by atoms with van der Waals surface area (Å²) in [4.78, 5) is 27.6. The van der Waals surface area contributed by atoms with Crippen molar-refractivity contribution in [2.24, 2.45) is 11.8 Å². The number of nitrogens with zero attached hydrogens (tertiary/aromatic N) is 5. The lowest BCUT2D eigenvalue weighted by Gasteiger charge is -2.31. The number of anilines is 2. The molecule has 2 aliphatic rings. The lowest BCUT2D eigenvalue weighted by atomic mass is 9.97. The SMILES string of the molecule is Cc1cc([C@@H](C)Nc2ccc(Cl)nc2C(=O)O)c2nc(N3CC4CC3CC4C)c(C#N)nc2c1. The van der Waals surface area contributed by atoms with Gasteiger partial charge in [0.15, 0.2) is 17.2 Å². The van der Waals surface area contributed by atoms with Crippen LogP contribution in [0.25, 0.3) is 11.0 Å². The number of aromatic nitrogens is 3. The highest BCUT2D eigenvalue weighted by Gasteiger charge is 2.44. The molecule has 1 saturated carbocycles. The Kier molecular flexibility index (Phi) is 5.53. The molecule has 3 heterocycles. The van der Waals surface area contributed by atoms with Gasteiger partial charge in [-0.1, -0.05) is 24.6 Å². The number of carboxylic acids is 1. The number of hydrogen-bond donors (Lipinski definition) is 2. The van der Waals surface area contributed by atoms with E-state index in [2.05, 4.69) is 28.2 Å². The number of rotatable bonds is 5. The smallest absolute Gasteiger partial charge is 0.356 e. The van der Waals surface area contributed by atoms with E-state index in [0.29, 0.717) is 46.1 Å². The van der Waals surface area contributed by atoms with Crippen LogP contribution in [-0.4, -0.2) is 38.6 Å². The molecule has 2 aromatic heterocycles. The zero-order valence-corrected chi connectivity index (χ0v) is 20.0. The first-order chi connectivity index (χ1) is 16.2. The van der Waals surface area contributed by atoms with E-state index in [4.69, 9.17) is 21.6 Å². The Bertz CT molecular complexity index is 1350. The molecule has 174 valence electrons. The molecule has 1 aromatic carbocycles. The summed E-state index contributed by atoms with van der Waals surface area (Å²) in [7, 11) is 0.